The average Bonchev–Trinajstić information content (AvgIpc) is 3.48. The molecule has 12 heteroatoms. The number of nitrogens with zero attached hydrogens (tertiary/aromatic N) is 4. The first-order valence-electron chi connectivity index (χ1n) is 12.6. The molecule has 4 rings (SSSR count). The second-order valence-electron chi connectivity index (χ2n) is 9.23. The van der Waals surface area contributed by atoms with Crippen molar-refractivity contribution in [2.24, 2.45) is 0 Å². The molecule has 0 aliphatic heterocycles. The lowest BCUT2D eigenvalue weighted by molar-refractivity contribution is -0.127. The van der Waals surface area contributed by atoms with Gasteiger partial charge in [0.1, 0.15) is 12.4 Å². The average molecular weight is 552 g/mol. The molecule has 0 saturated heterocycles. The number of nitrogens with one attached hydrogen (secondary N) is 3. The molecular weight excluding hydrogens is 522 g/mol. The Morgan fingerprint density at radius 2 is 1.79 bits per heavy atom. The second-order valence-corrected chi connectivity index (χ2v) is 9.67. The van der Waals surface area contributed by atoms with Crippen molar-refractivity contribution in [2.45, 2.75) is 50.2 Å². The van der Waals surface area contributed by atoms with Crippen LogP contribution in [-0.2, 0) is 20.7 Å². The molecule has 1 heterocycles. The lowest BCUT2D eigenvalue weighted by atomic mass is 9.91. The molecule has 204 valence electrons. The summed E-state index contributed by atoms with van der Waals surface area (Å²) in [5.41, 5.74) is 2.19. The maximum absolute atomic E-state index is 13.3. The Morgan fingerprint density at radius 1 is 1.08 bits per heavy atom. The van der Waals surface area contributed by atoms with E-state index in [2.05, 4.69) is 36.2 Å². The maximum Gasteiger partial charge on any atom is 0.407 e. The molecule has 1 saturated carbocycles. The minimum Gasteiger partial charge on any atom is -0.453 e. The quantitative estimate of drug-likeness (QED) is 0.347. The van der Waals surface area contributed by atoms with E-state index < -0.39 is 18.0 Å². The standard InChI is InChI=1S/C27H30ClN7O4/c1-39-27(38)31-22-11-9-21(10-12-22)30-26(37)23(15-18-5-3-2-4-6-18)32-25(36)14-7-19-16-20(28)8-13-24(19)35-17-29-33-34-35/h2-8,13-14,16-17,21-23H,9-12,15H2,1H3,(H,30,37)(H,31,38)(H,32,36)/b14-7+/t21-,22-,23-/m0/s1. The van der Waals surface area contributed by atoms with E-state index in [1.165, 1.54) is 24.2 Å². The summed E-state index contributed by atoms with van der Waals surface area (Å²) in [7, 11) is 1.33. The smallest absolute Gasteiger partial charge is 0.407 e. The maximum atomic E-state index is 13.3. The fourth-order valence-corrected chi connectivity index (χ4v) is 4.67. The molecule has 0 bridgehead atoms. The number of tetrazole rings is 1. The number of amides is 3. The van der Waals surface area contributed by atoms with Crippen molar-refractivity contribution < 1.29 is 19.1 Å². The van der Waals surface area contributed by atoms with E-state index >= 15 is 0 Å². The zero-order chi connectivity index (χ0) is 27.6. The first-order valence-corrected chi connectivity index (χ1v) is 13.0. The molecule has 0 radical (unpaired) electrons. The molecule has 1 aromatic heterocycles. The van der Waals surface area contributed by atoms with E-state index in [1.807, 2.05) is 30.3 Å². The van der Waals surface area contributed by atoms with Crippen LogP contribution < -0.4 is 16.0 Å². The van der Waals surface area contributed by atoms with Crippen LogP contribution >= 0.6 is 11.6 Å². The Kier molecular flexibility index (Phi) is 9.63. The predicted molar refractivity (Wildman–Crippen MR) is 145 cm³/mol. The molecule has 0 unspecified atom stereocenters. The minimum absolute atomic E-state index is 0.0141. The number of carbonyl (C=O) groups excluding carboxylic acids is 3. The van der Waals surface area contributed by atoms with Crippen LogP contribution in [0.4, 0.5) is 4.79 Å². The molecule has 2 aromatic carbocycles. The molecule has 3 aromatic rings. The number of hydrogen-bond donors (Lipinski definition) is 3. The Balaban J connectivity index is 1.42. The van der Waals surface area contributed by atoms with Gasteiger partial charge in [0.2, 0.25) is 11.8 Å². The van der Waals surface area contributed by atoms with Gasteiger partial charge in [0.15, 0.2) is 0 Å². The van der Waals surface area contributed by atoms with Crippen molar-refractivity contribution in [3.63, 3.8) is 0 Å². The van der Waals surface area contributed by atoms with Crippen LogP contribution in [0.1, 0.15) is 36.8 Å². The van der Waals surface area contributed by atoms with Crippen molar-refractivity contribution >= 4 is 35.6 Å². The van der Waals surface area contributed by atoms with Gasteiger partial charge in [-0.15, -0.1) is 5.10 Å². The van der Waals surface area contributed by atoms with Crippen molar-refractivity contribution in [3.8, 4) is 5.69 Å². The van der Waals surface area contributed by atoms with Crippen LogP contribution in [0.25, 0.3) is 11.8 Å². The first-order chi connectivity index (χ1) is 18.9. The lowest BCUT2D eigenvalue weighted by Gasteiger charge is -2.30. The summed E-state index contributed by atoms with van der Waals surface area (Å²) in [5, 5.41) is 20.4. The Labute approximate surface area is 230 Å². The van der Waals surface area contributed by atoms with Crippen molar-refractivity contribution in [1.29, 1.82) is 0 Å². The summed E-state index contributed by atoms with van der Waals surface area (Å²) in [6.07, 6.45) is 7.15. The number of alkyl carbamates (subject to hydrolysis) is 1. The van der Waals surface area contributed by atoms with Gasteiger partial charge in [-0.05, 0) is 65.9 Å². The highest BCUT2D eigenvalue weighted by atomic mass is 35.5. The lowest BCUT2D eigenvalue weighted by Crippen LogP contribution is -2.52. The van der Waals surface area contributed by atoms with E-state index in [4.69, 9.17) is 11.6 Å². The van der Waals surface area contributed by atoms with Crippen molar-refractivity contribution in [2.75, 3.05) is 7.11 Å². The van der Waals surface area contributed by atoms with Crippen molar-refractivity contribution in [1.82, 2.24) is 36.2 Å². The van der Waals surface area contributed by atoms with Gasteiger partial charge in [0.05, 0.1) is 12.8 Å². The topological polar surface area (TPSA) is 140 Å². The molecule has 3 N–H and O–H groups in total. The monoisotopic (exact) mass is 551 g/mol. The SMILES string of the molecule is COC(=O)N[C@H]1CC[C@H](NC(=O)[C@H](Cc2ccccc2)NC(=O)/C=C/c2cc(Cl)ccc2-n2cnnn2)CC1. The summed E-state index contributed by atoms with van der Waals surface area (Å²) in [4.78, 5) is 37.7. The highest BCUT2D eigenvalue weighted by Crippen LogP contribution is 2.21. The van der Waals surface area contributed by atoms with Gasteiger partial charge >= 0.3 is 6.09 Å². The van der Waals surface area contributed by atoms with Crippen molar-refractivity contribution in [3.05, 3.63) is 77.1 Å². The van der Waals surface area contributed by atoms with Gasteiger partial charge in [-0.1, -0.05) is 41.9 Å². The molecule has 0 spiro atoms. The largest absolute Gasteiger partial charge is 0.453 e. The van der Waals surface area contributed by atoms with Crippen LogP contribution in [0.3, 0.4) is 0 Å². The van der Waals surface area contributed by atoms with Crippen LogP contribution in [0, 0.1) is 0 Å². The summed E-state index contributed by atoms with van der Waals surface area (Å²) in [6, 6.07) is 13.8. The van der Waals surface area contributed by atoms with Gasteiger partial charge in [0.25, 0.3) is 0 Å². The minimum atomic E-state index is -0.784. The number of methoxy groups -OCH3 is 1. The van der Waals surface area contributed by atoms with Gasteiger partial charge < -0.3 is 20.7 Å². The third-order valence-corrected chi connectivity index (χ3v) is 6.73. The molecule has 1 atom stereocenters. The third kappa shape index (κ3) is 8.11. The van der Waals surface area contributed by atoms with Crippen LogP contribution in [0.2, 0.25) is 5.02 Å². The fourth-order valence-electron chi connectivity index (χ4n) is 4.49. The number of rotatable bonds is 9. The third-order valence-electron chi connectivity index (χ3n) is 6.50. The van der Waals surface area contributed by atoms with Gasteiger partial charge in [0, 0.05) is 35.2 Å². The van der Waals surface area contributed by atoms with E-state index in [1.54, 1.807) is 24.3 Å². The molecule has 39 heavy (non-hydrogen) atoms. The van der Waals surface area contributed by atoms with E-state index in [-0.39, 0.29) is 18.0 Å². The number of hydrogen-bond acceptors (Lipinski definition) is 7. The number of ether oxygens (including phenoxy) is 1. The Morgan fingerprint density at radius 3 is 2.46 bits per heavy atom. The molecule has 3 amide bonds. The second kappa shape index (κ2) is 13.5. The van der Waals surface area contributed by atoms with Gasteiger partial charge in [-0.3, -0.25) is 9.59 Å². The number of aromatic nitrogens is 4. The Bertz CT molecular complexity index is 1290. The number of carbonyl (C=O) groups is 3. The van der Waals surface area contributed by atoms with Crippen LogP contribution in [-0.4, -0.2) is 63.4 Å². The van der Waals surface area contributed by atoms with Crippen LogP contribution in [0.15, 0.2) is 60.9 Å². The summed E-state index contributed by atoms with van der Waals surface area (Å²) < 4.78 is 6.13. The molecule has 1 fully saturated rings. The molecule has 1 aliphatic rings. The fraction of sp³-hybridized carbons (Fsp3) is 0.333. The summed E-state index contributed by atoms with van der Waals surface area (Å²) in [6.45, 7) is 0. The zero-order valence-electron chi connectivity index (χ0n) is 21.4. The first kappa shape index (κ1) is 27.8. The van der Waals surface area contributed by atoms with E-state index in [9.17, 15) is 14.4 Å². The molecule has 1 aliphatic carbocycles. The summed E-state index contributed by atoms with van der Waals surface area (Å²) >= 11 is 6.17. The van der Waals surface area contributed by atoms with Gasteiger partial charge in [-0.25, -0.2) is 4.79 Å². The normalized spacial score (nSPS) is 17.8. The van der Waals surface area contributed by atoms with E-state index in [0.717, 1.165) is 18.4 Å². The zero-order valence-corrected chi connectivity index (χ0v) is 22.2. The predicted octanol–water partition coefficient (Wildman–Crippen LogP) is 2.84. The highest BCUT2D eigenvalue weighted by Gasteiger charge is 2.27. The molecule has 11 nitrogen and oxygen atoms in total. The summed E-state index contributed by atoms with van der Waals surface area (Å²) in [5.74, 6) is -0.693. The Hall–Kier alpha value is -4.25. The molecular formula is C27H30ClN7O4. The number of benzene rings is 2. The van der Waals surface area contributed by atoms with Crippen LogP contribution in [0.5, 0.6) is 0 Å². The highest BCUT2D eigenvalue weighted by molar-refractivity contribution is 6.30. The van der Waals surface area contributed by atoms with Gasteiger partial charge in [-0.2, -0.15) is 4.68 Å². The van der Waals surface area contributed by atoms with E-state index in [0.29, 0.717) is 35.5 Å². The number of halogens is 1.